The number of hydrogen-bond acceptors (Lipinski definition) is 3. The lowest BCUT2D eigenvalue weighted by molar-refractivity contribution is -0.140. The number of aliphatic carboxylic acids is 1. The maximum absolute atomic E-state index is 12.0. The first kappa shape index (κ1) is 15.1. The first-order valence-corrected chi connectivity index (χ1v) is 7.40. The van der Waals surface area contributed by atoms with Crippen LogP contribution in [0.15, 0.2) is 0 Å². The summed E-state index contributed by atoms with van der Waals surface area (Å²) in [5.74, 6) is -0.115. The second-order valence-electron chi connectivity index (χ2n) is 4.78. The van der Waals surface area contributed by atoms with Gasteiger partial charge in [-0.05, 0) is 5.92 Å². The average molecular weight is 274 g/mol. The van der Waals surface area contributed by atoms with Crippen molar-refractivity contribution in [2.75, 3.05) is 18.8 Å². The summed E-state index contributed by atoms with van der Waals surface area (Å²) in [4.78, 5) is 24.9. The Morgan fingerprint density at radius 1 is 1.56 bits per heavy atom. The van der Waals surface area contributed by atoms with Crippen LogP contribution in [0.5, 0.6) is 0 Å². The molecular formula is C12H22N2O3S. The molecule has 0 bridgehead atoms. The third-order valence-corrected chi connectivity index (χ3v) is 4.42. The van der Waals surface area contributed by atoms with Crippen molar-refractivity contribution in [3.63, 3.8) is 0 Å². The zero-order valence-electron chi connectivity index (χ0n) is 11.2. The predicted molar refractivity (Wildman–Crippen MR) is 72.9 cm³/mol. The molecule has 1 rings (SSSR count). The van der Waals surface area contributed by atoms with Crippen molar-refractivity contribution < 1.29 is 14.7 Å². The molecule has 2 N–H and O–H groups in total. The van der Waals surface area contributed by atoms with Gasteiger partial charge in [-0.1, -0.05) is 27.2 Å². The van der Waals surface area contributed by atoms with E-state index in [1.54, 1.807) is 4.90 Å². The maximum Gasteiger partial charge on any atom is 0.326 e. The van der Waals surface area contributed by atoms with E-state index in [4.69, 9.17) is 5.11 Å². The topological polar surface area (TPSA) is 69.6 Å². The van der Waals surface area contributed by atoms with Crippen molar-refractivity contribution in [1.29, 1.82) is 0 Å². The molecule has 18 heavy (non-hydrogen) atoms. The smallest absolute Gasteiger partial charge is 0.326 e. The van der Waals surface area contributed by atoms with Crippen LogP contribution >= 0.6 is 11.8 Å². The fourth-order valence-corrected chi connectivity index (χ4v) is 2.92. The van der Waals surface area contributed by atoms with Crippen molar-refractivity contribution in [3.05, 3.63) is 0 Å². The van der Waals surface area contributed by atoms with Gasteiger partial charge in [0.15, 0.2) is 0 Å². The number of amides is 2. The minimum atomic E-state index is -0.961. The number of carbonyl (C=O) groups is 2. The van der Waals surface area contributed by atoms with Gasteiger partial charge in [0, 0.05) is 24.1 Å². The molecule has 104 valence electrons. The van der Waals surface area contributed by atoms with Gasteiger partial charge >= 0.3 is 12.0 Å². The fourth-order valence-electron chi connectivity index (χ4n) is 1.91. The Morgan fingerprint density at radius 3 is 2.72 bits per heavy atom. The quantitative estimate of drug-likeness (QED) is 0.817. The highest BCUT2D eigenvalue weighted by Crippen LogP contribution is 2.18. The van der Waals surface area contributed by atoms with E-state index in [0.29, 0.717) is 18.3 Å². The molecule has 1 saturated heterocycles. The monoisotopic (exact) mass is 274 g/mol. The van der Waals surface area contributed by atoms with Crippen LogP contribution in [0.25, 0.3) is 0 Å². The summed E-state index contributed by atoms with van der Waals surface area (Å²) < 4.78 is 0. The highest BCUT2D eigenvalue weighted by Gasteiger charge is 2.28. The Balaban J connectivity index is 2.58. The van der Waals surface area contributed by atoms with E-state index in [1.165, 1.54) is 0 Å². The fraction of sp³-hybridized carbons (Fsp3) is 0.833. The number of carboxylic acid groups (broad SMARTS) is 1. The van der Waals surface area contributed by atoms with E-state index in [1.807, 2.05) is 25.6 Å². The molecule has 0 aromatic rings. The van der Waals surface area contributed by atoms with Gasteiger partial charge in [0.25, 0.3) is 0 Å². The number of thioether (sulfide) groups is 1. The Kier molecular flexibility index (Phi) is 5.78. The number of carbonyl (C=O) groups excluding carboxylic acids is 1. The third kappa shape index (κ3) is 4.08. The molecule has 2 amide bonds. The maximum atomic E-state index is 12.0. The van der Waals surface area contributed by atoms with Crippen LogP contribution in [0.3, 0.4) is 0 Å². The van der Waals surface area contributed by atoms with E-state index in [0.717, 1.165) is 12.2 Å². The van der Waals surface area contributed by atoms with Crippen molar-refractivity contribution >= 4 is 23.8 Å². The molecule has 1 heterocycles. The number of nitrogens with zero attached hydrogens (tertiary/aromatic N) is 1. The van der Waals surface area contributed by atoms with E-state index in [9.17, 15) is 9.59 Å². The molecule has 1 fully saturated rings. The Hall–Kier alpha value is -0.910. The van der Waals surface area contributed by atoms with Gasteiger partial charge in [0.1, 0.15) is 6.04 Å². The van der Waals surface area contributed by atoms with E-state index < -0.39 is 12.0 Å². The summed E-state index contributed by atoms with van der Waals surface area (Å²) in [6.45, 7) is 7.21. The Bertz CT molecular complexity index is 312. The van der Waals surface area contributed by atoms with Crippen molar-refractivity contribution in [2.45, 2.75) is 38.5 Å². The van der Waals surface area contributed by atoms with Crippen molar-refractivity contribution in [3.8, 4) is 0 Å². The molecule has 6 heteroatoms. The summed E-state index contributed by atoms with van der Waals surface area (Å²) >= 11 is 1.84. The summed E-state index contributed by atoms with van der Waals surface area (Å²) in [5.41, 5.74) is 0. The molecule has 3 atom stereocenters. The Labute approximate surface area is 112 Å². The van der Waals surface area contributed by atoms with Gasteiger partial charge in [-0.2, -0.15) is 11.8 Å². The highest BCUT2D eigenvalue weighted by molar-refractivity contribution is 7.99. The molecule has 0 saturated carbocycles. The first-order valence-electron chi connectivity index (χ1n) is 6.35. The van der Waals surface area contributed by atoms with Crippen LogP contribution in [-0.4, -0.2) is 52.1 Å². The summed E-state index contributed by atoms with van der Waals surface area (Å²) in [6, 6.07) is -1.05. The summed E-state index contributed by atoms with van der Waals surface area (Å²) in [5, 5.41) is 12.2. The minimum absolute atomic E-state index is 0.0666. The highest BCUT2D eigenvalue weighted by atomic mass is 32.2. The number of hydrogen-bond donors (Lipinski definition) is 2. The molecule has 0 aromatic carbocycles. The molecule has 5 nitrogen and oxygen atoms in total. The van der Waals surface area contributed by atoms with Crippen LogP contribution in [0.4, 0.5) is 4.79 Å². The number of urea groups is 1. The van der Waals surface area contributed by atoms with Crippen molar-refractivity contribution in [1.82, 2.24) is 10.2 Å². The lowest BCUT2D eigenvalue weighted by Crippen LogP contribution is -2.53. The van der Waals surface area contributed by atoms with E-state index in [-0.39, 0.29) is 11.9 Å². The molecule has 0 aliphatic carbocycles. The van der Waals surface area contributed by atoms with Crippen LogP contribution in [-0.2, 0) is 4.79 Å². The van der Waals surface area contributed by atoms with Gasteiger partial charge in [-0.15, -0.1) is 0 Å². The molecule has 0 radical (unpaired) electrons. The number of rotatable bonds is 4. The van der Waals surface area contributed by atoms with Gasteiger partial charge in [-0.3, -0.25) is 0 Å². The van der Waals surface area contributed by atoms with Crippen molar-refractivity contribution in [2.24, 2.45) is 5.92 Å². The SMILES string of the molecule is CC[C@H](C)[C@H](NC(=O)N1CCSC(C)C1)C(=O)O. The molecule has 1 aliphatic rings. The minimum Gasteiger partial charge on any atom is -0.480 e. The van der Waals surface area contributed by atoms with Gasteiger partial charge in [0.05, 0.1) is 0 Å². The predicted octanol–water partition coefficient (Wildman–Crippen LogP) is 1.63. The van der Waals surface area contributed by atoms with Crippen LogP contribution < -0.4 is 5.32 Å². The van der Waals surface area contributed by atoms with Gasteiger partial charge in [0.2, 0.25) is 0 Å². The lowest BCUT2D eigenvalue weighted by Gasteiger charge is -2.32. The summed E-state index contributed by atoms with van der Waals surface area (Å²) in [6.07, 6.45) is 0.726. The second kappa shape index (κ2) is 6.87. The molecule has 1 aliphatic heterocycles. The van der Waals surface area contributed by atoms with Crippen LogP contribution in [0.1, 0.15) is 27.2 Å². The molecule has 1 unspecified atom stereocenters. The zero-order valence-corrected chi connectivity index (χ0v) is 12.0. The number of carboxylic acids is 1. The Morgan fingerprint density at radius 2 is 2.22 bits per heavy atom. The average Bonchev–Trinajstić information content (AvgIpc) is 2.34. The van der Waals surface area contributed by atoms with Crippen LogP contribution in [0.2, 0.25) is 0 Å². The zero-order chi connectivity index (χ0) is 13.7. The lowest BCUT2D eigenvalue weighted by atomic mass is 9.99. The van der Waals surface area contributed by atoms with Gasteiger partial charge in [-0.25, -0.2) is 9.59 Å². The van der Waals surface area contributed by atoms with Crippen LogP contribution in [0, 0.1) is 5.92 Å². The standard InChI is InChI=1S/C12H22N2O3S/c1-4-8(2)10(11(15)16)13-12(17)14-5-6-18-9(3)7-14/h8-10H,4-7H2,1-3H3,(H,13,17)(H,15,16)/t8-,9?,10-/m0/s1. The normalized spacial score (nSPS) is 23.3. The molecule has 0 spiro atoms. The van der Waals surface area contributed by atoms with E-state index >= 15 is 0 Å². The van der Waals surface area contributed by atoms with Gasteiger partial charge < -0.3 is 15.3 Å². The second-order valence-corrected chi connectivity index (χ2v) is 6.32. The largest absolute Gasteiger partial charge is 0.480 e. The third-order valence-electron chi connectivity index (χ3n) is 3.29. The summed E-state index contributed by atoms with van der Waals surface area (Å²) in [7, 11) is 0. The van der Waals surface area contributed by atoms with E-state index in [2.05, 4.69) is 12.2 Å². The number of nitrogens with one attached hydrogen (secondary N) is 1. The molecular weight excluding hydrogens is 252 g/mol. The first-order chi connectivity index (χ1) is 8.45. The molecule has 0 aromatic heterocycles.